The molecular formula is C15H27NO2S. The number of rotatable bonds is 6. The van der Waals surface area contributed by atoms with Gasteiger partial charge in [0.15, 0.2) is 0 Å². The van der Waals surface area contributed by atoms with Crippen molar-refractivity contribution in [3.05, 3.63) is 0 Å². The van der Waals surface area contributed by atoms with Gasteiger partial charge in [-0.2, -0.15) is 11.8 Å². The van der Waals surface area contributed by atoms with Crippen LogP contribution in [-0.2, 0) is 4.79 Å². The summed E-state index contributed by atoms with van der Waals surface area (Å²) in [5.74, 6) is 0.962. The van der Waals surface area contributed by atoms with E-state index < -0.39 is 5.97 Å². The summed E-state index contributed by atoms with van der Waals surface area (Å²) in [6, 6.07) is -0.0198. The Labute approximate surface area is 120 Å². The minimum atomic E-state index is -0.696. The summed E-state index contributed by atoms with van der Waals surface area (Å²) >= 11 is 1.72. The standard InChI is InChI=1S/C15H27NO2S/c1-14(2)10-5-7-15(14,3)12(9-10)16-11(13(17)18)6-8-19-4/h10-12,16H,5-9H2,1-4H3,(H,17,18)/t10?,11-,12?,15?/m0/s1. The molecule has 0 amide bonds. The van der Waals surface area contributed by atoms with Crippen LogP contribution < -0.4 is 5.32 Å². The lowest BCUT2D eigenvalue weighted by Gasteiger charge is -2.40. The quantitative estimate of drug-likeness (QED) is 0.787. The summed E-state index contributed by atoms with van der Waals surface area (Å²) in [6.45, 7) is 7.08. The molecular weight excluding hydrogens is 258 g/mol. The first-order valence-corrected chi connectivity index (χ1v) is 8.70. The molecule has 0 radical (unpaired) electrons. The Morgan fingerprint density at radius 3 is 2.58 bits per heavy atom. The highest BCUT2D eigenvalue weighted by Crippen LogP contribution is 2.65. The van der Waals surface area contributed by atoms with Crippen molar-refractivity contribution in [3.63, 3.8) is 0 Å². The van der Waals surface area contributed by atoms with Gasteiger partial charge in [-0.05, 0) is 54.4 Å². The highest BCUT2D eigenvalue weighted by Gasteiger charge is 2.61. The second-order valence-corrected chi connectivity index (χ2v) is 7.99. The smallest absolute Gasteiger partial charge is 0.320 e. The number of carboxylic acid groups (broad SMARTS) is 1. The molecule has 0 aromatic carbocycles. The normalized spacial score (nSPS) is 37.5. The molecule has 2 rings (SSSR count). The van der Waals surface area contributed by atoms with E-state index >= 15 is 0 Å². The minimum absolute atomic E-state index is 0.255. The third-order valence-corrected chi connectivity index (χ3v) is 6.75. The van der Waals surface area contributed by atoms with Gasteiger partial charge in [0.2, 0.25) is 0 Å². The maximum Gasteiger partial charge on any atom is 0.320 e. The molecule has 3 nitrogen and oxygen atoms in total. The molecule has 2 fully saturated rings. The van der Waals surface area contributed by atoms with E-state index in [0.29, 0.717) is 17.9 Å². The highest BCUT2D eigenvalue weighted by molar-refractivity contribution is 7.98. The summed E-state index contributed by atoms with van der Waals surface area (Å²) in [6.07, 6.45) is 6.43. The Morgan fingerprint density at radius 1 is 1.47 bits per heavy atom. The second kappa shape index (κ2) is 5.28. The Bertz CT molecular complexity index is 358. The van der Waals surface area contributed by atoms with Crippen LogP contribution in [0.1, 0.15) is 46.5 Å². The SMILES string of the molecule is CSCC[C@H](NC1CC2CCC1(C)C2(C)C)C(=O)O. The Balaban J connectivity index is 2.05. The molecule has 3 unspecified atom stereocenters. The van der Waals surface area contributed by atoms with Crippen molar-refractivity contribution in [2.75, 3.05) is 12.0 Å². The fraction of sp³-hybridized carbons (Fsp3) is 0.933. The van der Waals surface area contributed by atoms with Crippen molar-refractivity contribution >= 4 is 17.7 Å². The van der Waals surface area contributed by atoms with Crippen molar-refractivity contribution in [2.45, 2.75) is 58.5 Å². The molecule has 4 atom stereocenters. The molecule has 19 heavy (non-hydrogen) atoms. The molecule has 4 heteroatoms. The molecule has 2 N–H and O–H groups in total. The average molecular weight is 285 g/mol. The van der Waals surface area contributed by atoms with Gasteiger partial charge in [0.25, 0.3) is 0 Å². The van der Waals surface area contributed by atoms with E-state index in [2.05, 4.69) is 26.1 Å². The van der Waals surface area contributed by atoms with E-state index in [9.17, 15) is 9.90 Å². The summed E-state index contributed by atoms with van der Waals surface area (Å²) < 4.78 is 0. The van der Waals surface area contributed by atoms with Crippen LogP contribution in [0.15, 0.2) is 0 Å². The lowest BCUT2D eigenvalue weighted by molar-refractivity contribution is -0.140. The van der Waals surface area contributed by atoms with Gasteiger partial charge < -0.3 is 10.4 Å². The Hall–Kier alpha value is -0.220. The number of hydrogen-bond acceptors (Lipinski definition) is 3. The summed E-state index contributed by atoms with van der Waals surface area (Å²) in [4.78, 5) is 11.4. The Morgan fingerprint density at radius 2 is 2.16 bits per heavy atom. The molecule has 2 saturated carbocycles. The van der Waals surface area contributed by atoms with Gasteiger partial charge in [0, 0.05) is 6.04 Å². The lowest BCUT2D eigenvalue weighted by atomic mass is 9.69. The largest absolute Gasteiger partial charge is 0.480 e. The molecule has 2 aliphatic carbocycles. The molecule has 0 heterocycles. The number of carboxylic acids is 1. The third kappa shape index (κ3) is 2.42. The first kappa shape index (κ1) is 15.2. The maximum absolute atomic E-state index is 11.4. The fourth-order valence-corrected chi connectivity index (χ4v) is 4.68. The van der Waals surface area contributed by atoms with Crippen molar-refractivity contribution in [3.8, 4) is 0 Å². The van der Waals surface area contributed by atoms with Crippen LogP contribution in [0.5, 0.6) is 0 Å². The number of nitrogens with one attached hydrogen (secondary N) is 1. The predicted octanol–water partition coefficient (Wildman–Crippen LogP) is 3.00. The number of carbonyl (C=O) groups is 1. The maximum atomic E-state index is 11.4. The molecule has 110 valence electrons. The van der Waals surface area contributed by atoms with Gasteiger partial charge >= 0.3 is 5.97 Å². The summed E-state index contributed by atoms with van der Waals surface area (Å²) in [5, 5.41) is 12.8. The van der Waals surface area contributed by atoms with Crippen LogP contribution in [0.4, 0.5) is 0 Å². The number of hydrogen-bond donors (Lipinski definition) is 2. The van der Waals surface area contributed by atoms with Crippen molar-refractivity contribution < 1.29 is 9.90 Å². The van der Waals surface area contributed by atoms with Crippen molar-refractivity contribution in [1.29, 1.82) is 0 Å². The summed E-state index contributed by atoms with van der Waals surface area (Å²) in [7, 11) is 0. The molecule has 0 spiro atoms. The van der Waals surface area contributed by atoms with Crippen molar-refractivity contribution in [1.82, 2.24) is 5.32 Å². The number of fused-ring (bicyclic) bond motifs is 2. The van der Waals surface area contributed by atoms with Crippen LogP contribution in [0.2, 0.25) is 0 Å². The first-order valence-electron chi connectivity index (χ1n) is 7.30. The predicted molar refractivity (Wildman–Crippen MR) is 80.6 cm³/mol. The van der Waals surface area contributed by atoms with Gasteiger partial charge in [-0.1, -0.05) is 20.8 Å². The van der Waals surface area contributed by atoms with Gasteiger partial charge in [0.05, 0.1) is 0 Å². The molecule has 0 aliphatic heterocycles. The van der Waals surface area contributed by atoms with Crippen LogP contribution in [0.25, 0.3) is 0 Å². The zero-order valence-corrected chi connectivity index (χ0v) is 13.3. The van der Waals surface area contributed by atoms with Gasteiger partial charge in [-0.3, -0.25) is 4.79 Å². The van der Waals surface area contributed by atoms with Crippen LogP contribution in [0.3, 0.4) is 0 Å². The monoisotopic (exact) mass is 285 g/mol. The van der Waals surface area contributed by atoms with E-state index in [1.165, 1.54) is 12.8 Å². The van der Waals surface area contributed by atoms with E-state index in [1.54, 1.807) is 11.8 Å². The second-order valence-electron chi connectivity index (χ2n) is 7.00. The first-order chi connectivity index (χ1) is 8.83. The zero-order chi connectivity index (χ0) is 14.3. The summed E-state index contributed by atoms with van der Waals surface area (Å²) in [5.41, 5.74) is 0.595. The van der Waals surface area contributed by atoms with Gasteiger partial charge in [-0.25, -0.2) is 0 Å². The van der Waals surface area contributed by atoms with Gasteiger partial charge in [0.1, 0.15) is 6.04 Å². The van der Waals surface area contributed by atoms with E-state index in [0.717, 1.165) is 18.1 Å². The van der Waals surface area contributed by atoms with Crippen LogP contribution in [0, 0.1) is 16.7 Å². The molecule has 0 saturated heterocycles. The van der Waals surface area contributed by atoms with E-state index in [-0.39, 0.29) is 11.5 Å². The zero-order valence-electron chi connectivity index (χ0n) is 12.5. The van der Waals surface area contributed by atoms with E-state index in [4.69, 9.17) is 0 Å². The van der Waals surface area contributed by atoms with Crippen molar-refractivity contribution in [2.24, 2.45) is 16.7 Å². The Kier molecular flexibility index (Phi) is 4.22. The molecule has 0 aromatic heterocycles. The minimum Gasteiger partial charge on any atom is -0.480 e. The van der Waals surface area contributed by atoms with Crippen LogP contribution in [-0.4, -0.2) is 35.2 Å². The van der Waals surface area contributed by atoms with E-state index in [1.807, 2.05) is 6.26 Å². The highest BCUT2D eigenvalue weighted by atomic mass is 32.2. The topological polar surface area (TPSA) is 49.3 Å². The third-order valence-electron chi connectivity index (χ3n) is 6.11. The molecule has 0 aromatic rings. The van der Waals surface area contributed by atoms with Crippen LogP contribution >= 0.6 is 11.8 Å². The number of aliphatic carboxylic acids is 1. The fourth-order valence-electron chi connectivity index (χ4n) is 4.21. The lowest BCUT2D eigenvalue weighted by Crippen LogP contribution is -2.51. The average Bonchev–Trinajstić information content (AvgIpc) is 2.66. The molecule has 2 aliphatic rings. The molecule has 2 bridgehead atoms. The van der Waals surface area contributed by atoms with Gasteiger partial charge in [-0.15, -0.1) is 0 Å². The number of thioether (sulfide) groups is 1.